The van der Waals surface area contributed by atoms with E-state index in [1.807, 2.05) is 0 Å². The van der Waals surface area contributed by atoms with E-state index in [0.29, 0.717) is 24.2 Å². The van der Waals surface area contributed by atoms with Gasteiger partial charge in [0.15, 0.2) is 15.8 Å². The van der Waals surface area contributed by atoms with Crippen LogP contribution in [0.15, 0.2) is 4.99 Å². The fourth-order valence-corrected chi connectivity index (χ4v) is 4.75. The molecule has 0 amide bonds. The molecular formula is C13H26IN3O2S. The molecule has 2 rings (SSSR count). The first-order valence-electron chi connectivity index (χ1n) is 7.21. The lowest BCUT2D eigenvalue weighted by atomic mass is 10.0. The molecule has 0 aromatic rings. The number of piperidine rings is 1. The first kappa shape index (κ1) is 18.0. The summed E-state index contributed by atoms with van der Waals surface area (Å²) in [6.07, 6.45) is 4.13. The van der Waals surface area contributed by atoms with E-state index in [9.17, 15) is 8.42 Å². The molecule has 2 N–H and O–H groups in total. The van der Waals surface area contributed by atoms with Crippen molar-refractivity contribution >= 4 is 39.8 Å². The van der Waals surface area contributed by atoms with Crippen LogP contribution in [0.1, 0.15) is 32.6 Å². The van der Waals surface area contributed by atoms with Gasteiger partial charge in [-0.25, -0.2) is 8.42 Å². The number of nitrogens with zero attached hydrogens (tertiary/aromatic N) is 2. The Morgan fingerprint density at radius 2 is 2.10 bits per heavy atom. The van der Waals surface area contributed by atoms with Crippen molar-refractivity contribution in [2.45, 2.75) is 32.6 Å². The molecule has 0 aromatic carbocycles. The molecule has 0 aromatic heterocycles. The number of halogens is 1. The highest BCUT2D eigenvalue weighted by Gasteiger charge is 2.25. The Morgan fingerprint density at radius 1 is 1.35 bits per heavy atom. The van der Waals surface area contributed by atoms with Gasteiger partial charge in [-0.2, -0.15) is 0 Å². The summed E-state index contributed by atoms with van der Waals surface area (Å²) >= 11 is 0. The third-order valence-corrected chi connectivity index (χ3v) is 5.94. The predicted molar refractivity (Wildman–Crippen MR) is 93.3 cm³/mol. The van der Waals surface area contributed by atoms with Crippen LogP contribution in [0.4, 0.5) is 0 Å². The Morgan fingerprint density at radius 3 is 2.75 bits per heavy atom. The second-order valence-electron chi connectivity index (χ2n) is 6.01. The van der Waals surface area contributed by atoms with Crippen LogP contribution in [-0.4, -0.2) is 50.4 Å². The molecule has 0 bridgehead atoms. The number of sulfone groups is 1. The first-order chi connectivity index (χ1) is 8.96. The number of rotatable bonds is 2. The average Bonchev–Trinajstić information content (AvgIpc) is 2.35. The number of guanidine groups is 1. The van der Waals surface area contributed by atoms with Crippen molar-refractivity contribution in [1.82, 2.24) is 4.90 Å². The third kappa shape index (κ3) is 5.38. The van der Waals surface area contributed by atoms with Crippen LogP contribution in [0.3, 0.4) is 0 Å². The van der Waals surface area contributed by atoms with Crippen molar-refractivity contribution in [2.75, 3.05) is 31.1 Å². The van der Waals surface area contributed by atoms with Gasteiger partial charge in [0, 0.05) is 19.6 Å². The Labute approximate surface area is 139 Å². The van der Waals surface area contributed by atoms with E-state index in [0.717, 1.165) is 32.4 Å². The highest BCUT2D eigenvalue weighted by Crippen LogP contribution is 2.19. The van der Waals surface area contributed by atoms with Gasteiger partial charge in [0.05, 0.1) is 11.5 Å². The molecule has 2 aliphatic rings. The summed E-state index contributed by atoms with van der Waals surface area (Å²) in [7, 11) is -2.84. The average molecular weight is 415 g/mol. The van der Waals surface area contributed by atoms with Crippen molar-refractivity contribution in [1.29, 1.82) is 0 Å². The summed E-state index contributed by atoms with van der Waals surface area (Å²) in [5, 5.41) is 0. The minimum absolute atomic E-state index is 0. The van der Waals surface area contributed by atoms with Crippen LogP contribution in [0.25, 0.3) is 0 Å². The maximum Gasteiger partial charge on any atom is 0.191 e. The first-order valence-corrected chi connectivity index (χ1v) is 9.04. The number of hydrogen-bond donors (Lipinski definition) is 1. The molecule has 0 saturated carbocycles. The molecule has 2 saturated heterocycles. The molecule has 5 nitrogen and oxygen atoms in total. The third-order valence-electron chi connectivity index (χ3n) is 4.05. The van der Waals surface area contributed by atoms with Crippen LogP contribution in [0.5, 0.6) is 0 Å². The van der Waals surface area contributed by atoms with Crippen LogP contribution in [0, 0.1) is 11.8 Å². The standard InChI is InChI=1S/C13H25N3O2S.HI/c1-11-4-2-6-16(9-11)13(14)15-8-12-5-3-7-19(17,18)10-12;/h11-12H,2-10H2,1H3,(H2,14,15);1H. The van der Waals surface area contributed by atoms with Crippen molar-refractivity contribution < 1.29 is 8.42 Å². The van der Waals surface area contributed by atoms with E-state index in [1.54, 1.807) is 0 Å². The molecule has 2 unspecified atom stereocenters. The van der Waals surface area contributed by atoms with Gasteiger partial charge in [0.25, 0.3) is 0 Å². The largest absolute Gasteiger partial charge is 0.370 e. The molecule has 0 aliphatic carbocycles. The van der Waals surface area contributed by atoms with Gasteiger partial charge in [-0.05, 0) is 37.5 Å². The van der Waals surface area contributed by atoms with Crippen LogP contribution < -0.4 is 5.73 Å². The van der Waals surface area contributed by atoms with Gasteiger partial charge in [-0.15, -0.1) is 24.0 Å². The van der Waals surface area contributed by atoms with Gasteiger partial charge in [-0.3, -0.25) is 4.99 Å². The molecule has 118 valence electrons. The summed E-state index contributed by atoms with van der Waals surface area (Å²) in [6.45, 7) is 4.73. The molecule has 2 fully saturated rings. The summed E-state index contributed by atoms with van der Waals surface area (Å²) in [5.41, 5.74) is 6.02. The van der Waals surface area contributed by atoms with Crippen LogP contribution >= 0.6 is 24.0 Å². The highest BCUT2D eigenvalue weighted by atomic mass is 127. The smallest absolute Gasteiger partial charge is 0.191 e. The maximum atomic E-state index is 11.6. The summed E-state index contributed by atoms with van der Waals surface area (Å²) in [4.78, 5) is 6.56. The van der Waals surface area contributed by atoms with E-state index in [1.165, 1.54) is 6.42 Å². The summed E-state index contributed by atoms with van der Waals surface area (Å²) in [6, 6.07) is 0. The normalized spacial score (nSPS) is 30.6. The number of aliphatic imine (C=N–C) groups is 1. The number of nitrogens with two attached hydrogens (primary N) is 1. The number of hydrogen-bond acceptors (Lipinski definition) is 3. The molecule has 2 heterocycles. The molecule has 0 spiro atoms. The Hall–Kier alpha value is -0.0500. The Kier molecular flexibility index (Phi) is 7.03. The van der Waals surface area contributed by atoms with E-state index in [4.69, 9.17) is 5.73 Å². The van der Waals surface area contributed by atoms with Gasteiger partial charge in [0.1, 0.15) is 0 Å². The molecule has 2 atom stereocenters. The minimum Gasteiger partial charge on any atom is -0.370 e. The Bertz CT molecular complexity index is 439. The lowest BCUT2D eigenvalue weighted by Gasteiger charge is -2.32. The summed E-state index contributed by atoms with van der Waals surface area (Å²) in [5.74, 6) is 2.03. The van der Waals surface area contributed by atoms with E-state index >= 15 is 0 Å². The van der Waals surface area contributed by atoms with Crippen molar-refractivity contribution in [3.8, 4) is 0 Å². The second-order valence-corrected chi connectivity index (χ2v) is 8.24. The lowest BCUT2D eigenvalue weighted by molar-refractivity contribution is 0.270. The molecular weight excluding hydrogens is 389 g/mol. The van der Waals surface area contributed by atoms with E-state index in [2.05, 4.69) is 16.8 Å². The lowest BCUT2D eigenvalue weighted by Crippen LogP contribution is -2.43. The SMILES string of the molecule is CC1CCCN(C(N)=NCC2CCCS(=O)(=O)C2)C1.I. The van der Waals surface area contributed by atoms with Crippen molar-refractivity contribution in [3.63, 3.8) is 0 Å². The molecule has 2 aliphatic heterocycles. The molecule has 0 radical (unpaired) electrons. The maximum absolute atomic E-state index is 11.6. The zero-order valence-corrected chi connectivity index (χ0v) is 15.3. The topological polar surface area (TPSA) is 75.8 Å². The van der Waals surface area contributed by atoms with Gasteiger partial charge >= 0.3 is 0 Å². The van der Waals surface area contributed by atoms with Crippen LogP contribution in [-0.2, 0) is 9.84 Å². The molecule has 20 heavy (non-hydrogen) atoms. The zero-order valence-electron chi connectivity index (χ0n) is 12.1. The zero-order chi connectivity index (χ0) is 13.9. The fraction of sp³-hybridized carbons (Fsp3) is 0.923. The van der Waals surface area contributed by atoms with E-state index < -0.39 is 9.84 Å². The van der Waals surface area contributed by atoms with Crippen molar-refractivity contribution in [3.05, 3.63) is 0 Å². The fourth-order valence-electron chi connectivity index (χ4n) is 2.98. The van der Waals surface area contributed by atoms with Crippen molar-refractivity contribution in [2.24, 2.45) is 22.6 Å². The van der Waals surface area contributed by atoms with Crippen LogP contribution in [0.2, 0.25) is 0 Å². The molecule has 7 heteroatoms. The highest BCUT2D eigenvalue weighted by molar-refractivity contribution is 14.0. The predicted octanol–water partition coefficient (Wildman–Crippen LogP) is 1.48. The quantitative estimate of drug-likeness (QED) is 0.421. The van der Waals surface area contributed by atoms with E-state index in [-0.39, 0.29) is 35.6 Å². The van der Waals surface area contributed by atoms with Gasteiger partial charge < -0.3 is 10.6 Å². The minimum atomic E-state index is -2.84. The number of likely N-dealkylation sites (tertiary alicyclic amines) is 1. The van der Waals surface area contributed by atoms with Gasteiger partial charge in [0.2, 0.25) is 0 Å². The Balaban J connectivity index is 0.00000200. The second kappa shape index (κ2) is 7.82. The summed E-state index contributed by atoms with van der Waals surface area (Å²) < 4.78 is 23.1. The monoisotopic (exact) mass is 415 g/mol. The van der Waals surface area contributed by atoms with Gasteiger partial charge in [-0.1, -0.05) is 6.92 Å².